The Morgan fingerprint density at radius 1 is 1.36 bits per heavy atom. The summed E-state index contributed by atoms with van der Waals surface area (Å²) in [5.41, 5.74) is 0.704. The minimum absolute atomic E-state index is 0.0126. The zero-order chi connectivity index (χ0) is 9.02. The van der Waals surface area contributed by atoms with E-state index in [0.717, 1.165) is 0 Å². The van der Waals surface area contributed by atoms with E-state index in [9.17, 15) is 10.2 Å². The minimum atomic E-state index is -0.936. The first-order valence-electron chi connectivity index (χ1n) is 3.02. The largest absolute Gasteiger partial charge is 0.509 e. The van der Waals surface area contributed by atoms with Crippen molar-refractivity contribution in [2.24, 2.45) is 0 Å². The molecule has 1 atom stereocenters. The van der Waals surface area contributed by atoms with E-state index in [-0.39, 0.29) is 5.76 Å². The molecule has 0 spiro atoms. The van der Waals surface area contributed by atoms with Crippen LogP contribution in [0, 0.1) is 0 Å². The Hall–Kier alpha value is 0.200. The molecule has 2 nitrogen and oxygen atoms in total. The summed E-state index contributed by atoms with van der Waals surface area (Å²) in [5, 5.41) is 18.4. The normalized spacial score (nSPS) is 12.1. The number of aliphatic hydroxyl groups is 2. The second-order valence-electron chi connectivity index (χ2n) is 2.29. The van der Waals surface area contributed by atoms with E-state index in [0.29, 0.717) is 8.96 Å². The fraction of sp³-hybridized carbons (Fsp3) is 0.429. The minimum Gasteiger partial charge on any atom is -0.509 e. The lowest BCUT2D eigenvalue weighted by Gasteiger charge is -2.05. The van der Waals surface area contributed by atoms with E-state index in [4.69, 9.17) is 0 Å². The maximum absolute atomic E-state index is 9.21. The zero-order valence-electron chi connectivity index (χ0n) is 6.31. The highest BCUT2D eigenvalue weighted by molar-refractivity contribution is 9.28. The van der Waals surface area contributed by atoms with Crippen LogP contribution in [-0.4, -0.2) is 16.3 Å². The molecule has 2 N–H and O–H groups in total. The molecule has 0 saturated carbocycles. The summed E-state index contributed by atoms with van der Waals surface area (Å²) in [7, 11) is 0. The Morgan fingerprint density at radius 3 is 2.09 bits per heavy atom. The van der Waals surface area contributed by atoms with Crippen LogP contribution in [0.1, 0.15) is 13.8 Å². The third-order valence-electron chi connectivity index (χ3n) is 1.08. The molecule has 0 amide bonds. The molecular weight excluding hydrogens is 276 g/mol. The summed E-state index contributed by atoms with van der Waals surface area (Å²) in [4.78, 5) is 0. The lowest BCUT2D eigenvalue weighted by atomic mass is 10.2. The topological polar surface area (TPSA) is 40.5 Å². The lowest BCUT2D eigenvalue weighted by molar-refractivity contribution is 0.190. The number of halogens is 2. The predicted octanol–water partition coefficient (Wildman–Crippen LogP) is 2.83. The van der Waals surface area contributed by atoms with Crippen LogP contribution < -0.4 is 0 Å². The molecule has 0 aromatic carbocycles. The molecule has 64 valence electrons. The Morgan fingerprint density at radius 2 is 1.82 bits per heavy atom. The number of allylic oxidation sites excluding steroid dienone is 1. The molecule has 0 heterocycles. The van der Waals surface area contributed by atoms with Gasteiger partial charge >= 0.3 is 0 Å². The maximum Gasteiger partial charge on any atom is 0.131 e. The van der Waals surface area contributed by atoms with Gasteiger partial charge in [-0.2, -0.15) is 0 Å². The van der Waals surface area contributed by atoms with Crippen molar-refractivity contribution in [1.29, 1.82) is 0 Å². The molecule has 0 aliphatic carbocycles. The van der Waals surface area contributed by atoms with Crippen LogP contribution in [0.4, 0.5) is 0 Å². The van der Waals surface area contributed by atoms with Gasteiger partial charge in [-0.05, 0) is 57.4 Å². The van der Waals surface area contributed by atoms with Crippen molar-refractivity contribution in [3.8, 4) is 0 Å². The molecule has 11 heavy (non-hydrogen) atoms. The van der Waals surface area contributed by atoms with Gasteiger partial charge in [-0.1, -0.05) is 0 Å². The summed E-state index contributed by atoms with van der Waals surface area (Å²) in [5.74, 6) is -0.0126. The predicted molar refractivity (Wildman–Crippen MR) is 52.9 cm³/mol. The standard InChI is InChI=1S/C7H10Br2O2/c1-4(2)7(11)5(10)3-6(8)9/h3,5,10-11H,1-2H3. The fourth-order valence-electron chi connectivity index (χ4n) is 0.494. The maximum atomic E-state index is 9.21. The molecule has 0 saturated heterocycles. The molecule has 0 bridgehead atoms. The second-order valence-corrected chi connectivity index (χ2v) is 5.06. The summed E-state index contributed by atoms with van der Waals surface area (Å²) in [6.45, 7) is 3.46. The van der Waals surface area contributed by atoms with Crippen LogP contribution >= 0.6 is 31.9 Å². The van der Waals surface area contributed by atoms with Crippen molar-refractivity contribution in [3.63, 3.8) is 0 Å². The van der Waals surface area contributed by atoms with E-state index in [1.807, 2.05) is 0 Å². The van der Waals surface area contributed by atoms with E-state index in [1.165, 1.54) is 6.08 Å². The first-order valence-corrected chi connectivity index (χ1v) is 4.61. The van der Waals surface area contributed by atoms with Crippen LogP contribution in [0.2, 0.25) is 0 Å². The van der Waals surface area contributed by atoms with Gasteiger partial charge in [0, 0.05) is 0 Å². The number of rotatable bonds is 2. The van der Waals surface area contributed by atoms with Crippen LogP contribution in [0.15, 0.2) is 20.8 Å². The Labute approximate surface area is 82.9 Å². The average Bonchev–Trinajstić information content (AvgIpc) is 1.84. The van der Waals surface area contributed by atoms with Crippen molar-refractivity contribution in [3.05, 3.63) is 20.8 Å². The Kier molecular flexibility index (Phi) is 5.04. The summed E-state index contributed by atoms with van der Waals surface area (Å²) < 4.78 is 0.616. The number of hydrogen-bond donors (Lipinski definition) is 2. The van der Waals surface area contributed by atoms with Crippen molar-refractivity contribution in [2.75, 3.05) is 0 Å². The molecule has 1 unspecified atom stereocenters. The zero-order valence-corrected chi connectivity index (χ0v) is 9.48. The number of hydrogen-bond acceptors (Lipinski definition) is 2. The molecule has 0 rings (SSSR count). The van der Waals surface area contributed by atoms with Crippen LogP contribution in [0.25, 0.3) is 0 Å². The van der Waals surface area contributed by atoms with Gasteiger partial charge in [-0.25, -0.2) is 0 Å². The molecule has 0 aliphatic rings. The highest BCUT2D eigenvalue weighted by Crippen LogP contribution is 2.16. The van der Waals surface area contributed by atoms with E-state index >= 15 is 0 Å². The summed E-state index contributed by atoms with van der Waals surface area (Å²) in [6.07, 6.45) is 0.510. The van der Waals surface area contributed by atoms with Gasteiger partial charge in [-0.15, -0.1) is 0 Å². The third-order valence-corrected chi connectivity index (χ3v) is 1.60. The van der Waals surface area contributed by atoms with Crippen LogP contribution in [0.3, 0.4) is 0 Å². The van der Waals surface area contributed by atoms with Gasteiger partial charge in [-0.3, -0.25) is 0 Å². The molecular formula is C7H10Br2O2. The first kappa shape index (κ1) is 11.2. The quantitative estimate of drug-likeness (QED) is 0.766. The van der Waals surface area contributed by atoms with Gasteiger partial charge in [0.2, 0.25) is 0 Å². The van der Waals surface area contributed by atoms with E-state index < -0.39 is 6.10 Å². The van der Waals surface area contributed by atoms with Crippen LogP contribution in [0.5, 0.6) is 0 Å². The van der Waals surface area contributed by atoms with Crippen molar-refractivity contribution in [2.45, 2.75) is 20.0 Å². The van der Waals surface area contributed by atoms with Gasteiger partial charge in [0.1, 0.15) is 11.9 Å². The highest BCUT2D eigenvalue weighted by atomic mass is 79.9. The van der Waals surface area contributed by atoms with Gasteiger partial charge in [0.05, 0.1) is 3.39 Å². The lowest BCUT2D eigenvalue weighted by Crippen LogP contribution is -2.07. The molecule has 0 aromatic rings. The Bertz CT molecular complexity index is 189. The average molecular weight is 286 g/mol. The molecule has 0 radical (unpaired) electrons. The first-order chi connectivity index (χ1) is 4.95. The van der Waals surface area contributed by atoms with Crippen molar-refractivity contribution in [1.82, 2.24) is 0 Å². The Balaban J connectivity index is 4.39. The SMILES string of the molecule is CC(C)=C(O)C(O)C=C(Br)Br. The van der Waals surface area contributed by atoms with Gasteiger partial charge in [0.25, 0.3) is 0 Å². The van der Waals surface area contributed by atoms with E-state index in [2.05, 4.69) is 31.9 Å². The summed E-state index contributed by atoms with van der Waals surface area (Å²) >= 11 is 6.15. The van der Waals surface area contributed by atoms with Crippen molar-refractivity contribution >= 4 is 31.9 Å². The third kappa shape index (κ3) is 4.61. The smallest absolute Gasteiger partial charge is 0.131 e. The molecule has 0 fully saturated rings. The molecule has 0 aromatic heterocycles. The monoisotopic (exact) mass is 284 g/mol. The second kappa shape index (κ2) is 4.95. The number of aliphatic hydroxyl groups excluding tert-OH is 2. The van der Waals surface area contributed by atoms with Crippen LogP contribution in [-0.2, 0) is 0 Å². The fourth-order valence-corrected chi connectivity index (χ4v) is 0.995. The summed E-state index contributed by atoms with van der Waals surface area (Å²) in [6, 6.07) is 0. The molecule has 4 heteroatoms. The molecule has 0 aliphatic heterocycles. The van der Waals surface area contributed by atoms with Crippen molar-refractivity contribution < 1.29 is 10.2 Å². The van der Waals surface area contributed by atoms with Gasteiger partial charge < -0.3 is 10.2 Å². The van der Waals surface area contributed by atoms with E-state index in [1.54, 1.807) is 13.8 Å². The van der Waals surface area contributed by atoms with Gasteiger partial charge in [0.15, 0.2) is 0 Å². The highest BCUT2D eigenvalue weighted by Gasteiger charge is 2.07.